The molecule has 0 atom stereocenters. The molecule has 0 saturated heterocycles. The number of nitriles is 1. The van der Waals surface area contributed by atoms with Gasteiger partial charge in [0.05, 0.1) is 16.1 Å². The van der Waals surface area contributed by atoms with Gasteiger partial charge in [-0.1, -0.05) is 12.1 Å². The summed E-state index contributed by atoms with van der Waals surface area (Å²) in [6.45, 7) is 0.552. The number of anilines is 1. The van der Waals surface area contributed by atoms with Crippen LogP contribution in [-0.2, 0) is 6.54 Å². The number of hydrogen-bond donors (Lipinski definition) is 1. The molecule has 2 nitrogen and oxygen atoms in total. The Morgan fingerprint density at radius 3 is 2.78 bits per heavy atom. The first-order chi connectivity index (χ1) is 8.69. The van der Waals surface area contributed by atoms with Crippen molar-refractivity contribution in [3.8, 4) is 6.07 Å². The van der Waals surface area contributed by atoms with E-state index in [0.717, 1.165) is 5.56 Å². The van der Waals surface area contributed by atoms with E-state index in [0.29, 0.717) is 22.3 Å². The van der Waals surface area contributed by atoms with E-state index in [1.165, 1.54) is 6.07 Å². The van der Waals surface area contributed by atoms with Crippen molar-refractivity contribution in [3.63, 3.8) is 0 Å². The average molecular weight is 305 g/mol. The Morgan fingerprint density at radius 2 is 2.06 bits per heavy atom. The quantitative estimate of drug-likeness (QED) is 0.927. The largest absolute Gasteiger partial charge is 0.381 e. The summed E-state index contributed by atoms with van der Waals surface area (Å²) in [7, 11) is 0. The number of hydrogen-bond acceptors (Lipinski definition) is 2. The van der Waals surface area contributed by atoms with Gasteiger partial charge < -0.3 is 5.32 Å². The van der Waals surface area contributed by atoms with E-state index in [4.69, 9.17) is 5.26 Å². The summed E-state index contributed by atoms with van der Waals surface area (Å²) in [5.74, 6) is -0.300. The van der Waals surface area contributed by atoms with Crippen LogP contribution in [-0.4, -0.2) is 0 Å². The smallest absolute Gasteiger partial charge is 0.139 e. The monoisotopic (exact) mass is 304 g/mol. The van der Waals surface area contributed by atoms with Gasteiger partial charge in [0.2, 0.25) is 0 Å². The summed E-state index contributed by atoms with van der Waals surface area (Å²) in [5, 5.41) is 11.9. The summed E-state index contributed by atoms with van der Waals surface area (Å²) in [5.41, 5.74) is 2.31. The predicted octanol–water partition coefficient (Wildman–Crippen LogP) is 4.07. The molecule has 0 aliphatic carbocycles. The molecular formula is C14H10BrFN2. The molecule has 0 saturated carbocycles. The van der Waals surface area contributed by atoms with Gasteiger partial charge in [-0.05, 0) is 51.8 Å². The maximum Gasteiger partial charge on any atom is 0.139 e. The van der Waals surface area contributed by atoms with Crippen molar-refractivity contribution in [2.24, 2.45) is 0 Å². The van der Waals surface area contributed by atoms with Crippen molar-refractivity contribution >= 4 is 21.6 Å². The number of nitrogens with zero attached hydrogens (tertiary/aromatic N) is 1. The second-order valence-corrected chi connectivity index (χ2v) is 4.65. The van der Waals surface area contributed by atoms with Crippen LogP contribution in [0, 0.1) is 17.1 Å². The van der Waals surface area contributed by atoms with E-state index in [-0.39, 0.29) is 5.82 Å². The van der Waals surface area contributed by atoms with Crippen molar-refractivity contribution in [1.82, 2.24) is 0 Å². The van der Waals surface area contributed by atoms with Crippen molar-refractivity contribution in [2.45, 2.75) is 6.54 Å². The molecule has 0 radical (unpaired) electrons. The van der Waals surface area contributed by atoms with Crippen molar-refractivity contribution in [1.29, 1.82) is 5.26 Å². The highest BCUT2D eigenvalue weighted by Gasteiger charge is 2.01. The molecular weight excluding hydrogens is 295 g/mol. The third kappa shape index (κ3) is 3.08. The van der Waals surface area contributed by atoms with Crippen LogP contribution in [0.4, 0.5) is 10.1 Å². The highest BCUT2D eigenvalue weighted by molar-refractivity contribution is 9.10. The molecule has 0 fully saturated rings. The van der Waals surface area contributed by atoms with Gasteiger partial charge in [-0.3, -0.25) is 0 Å². The Kier molecular flexibility index (Phi) is 3.96. The highest BCUT2D eigenvalue weighted by Crippen LogP contribution is 2.19. The Balaban J connectivity index is 2.07. The maximum atomic E-state index is 13.3. The lowest BCUT2D eigenvalue weighted by molar-refractivity contribution is 0.621. The first kappa shape index (κ1) is 12.6. The lowest BCUT2D eigenvalue weighted by Crippen LogP contribution is -2.00. The minimum Gasteiger partial charge on any atom is -0.381 e. The maximum absolute atomic E-state index is 13.3. The van der Waals surface area contributed by atoms with E-state index >= 15 is 0 Å². The summed E-state index contributed by atoms with van der Waals surface area (Å²) in [6, 6.07) is 14.3. The molecule has 0 bridgehead atoms. The average Bonchev–Trinajstić information content (AvgIpc) is 2.40. The fourth-order valence-electron chi connectivity index (χ4n) is 1.56. The normalized spacial score (nSPS) is 9.83. The fraction of sp³-hybridized carbons (Fsp3) is 0.0714. The molecule has 4 heteroatoms. The zero-order valence-electron chi connectivity index (χ0n) is 9.45. The van der Waals surface area contributed by atoms with Gasteiger partial charge in [0, 0.05) is 12.2 Å². The van der Waals surface area contributed by atoms with Crippen LogP contribution >= 0.6 is 15.9 Å². The van der Waals surface area contributed by atoms with E-state index in [1.807, 2.05) is 18.2 Å². The highest BCUT2D eigenvalue weighted by atomic mass is 79.9. The third-order valence-corrected chi connectivity index (χ3v) is 3.12. The zero-order chi connectivity index (χ0) is 13.0. The van der Waals surface area contributed by atoms with Crippen molar-refractivity contribution in [3.05, 3.63) is 63.9 Å². The number of benzene rings is 2. The first-order valence-electron chi connectivity index (χ1n) is 5.37. The molecule has 0 unspecified atom stereocenters. The van der Waals surface area contributed by atoms with E-state index in [1.54, 1.807) is 18.2 Å². The molecule has 2 aromatic carbocycles. The second-order valence-electron chi connectivity index (χ2n) is 3.79. The lowest BCUT2D eigenvalue weighted by Gasteiger charge is -2.07. The molecule has 0 aliphatic heterocycles. The predicted molar refractivity (Wildman–Crippen MR) is 72.6 cm³/mol. The van der Waals surface area contributed by atoms with Crippen molar-refractivity contribution < 1.29 is 4.39 Å². The second kappa shape index (κ2) is 5.65. The van der Waals surface area contributed by atoms with E-state index < -0.39 is 0 Å². The molecule has 0 aromatic heterocycles. The Morgan fingerprint density at radius 1 is 1.22 bits per heavy atom. The molecule has 0 aliphatic rings. The van der Waals surface area contributed by atoms with Crippen LogP contribution in [0.25, 0.3) is 0 Å². The van der Waals surface area contributed by atoms with Gasteiger partial charge in [0.25, 0.3) is 0 Å². The van der Waals surface area contributed by atoms with Crippen LogP contribution in [0.1, 0.15) is 11.1 Å². The topological polar surface area (TPSA) is 35.8 Å². The molecule has 2 aromatic rings. The summed E-state index contributed by atoms with van der Waals surface area (Å²) >= 11 is 3.11. The van der Waals surface area contributed by atoms with Gasteiger partial charge in [-0.25, -0.2) is 4.39 Å². The van der Waals surface area contributed by atoms with E-state index in [2.05, 4.69) is 27.3 Å². The van der Waals surface area contributed by atoms with Gasteiger partial charge >= 0.3 is 0 Å². The van der Waals surface area contributed by atoms with Crippen LogP contribution in [0.15, 0.2) is 46.9 Å². The Hall–Kier alpha value is -1.86. The number of nitrogens with one attached hydrogen (secondary N) is 1. The third-order valence-electron chi connectivity index (χ3n) is 2.47. The lowest BCUT2D eigenvalue weighted by atomic mass is 10.1. The first-order valence-corrected chi connectivity index (χ1v) is 6.16. The molecule has 18 heavy (non-hydrogen) atoms. The van der Waals surface area contributed by atoms with Gasteiger partial charge in [0.15, 0.2) is 0 Å². The minimum atomic E-state index is -0.300. The standard InChI is InChI=1S/C14H10BrFN2/c15-13-5-4-12(7-14(13)16)18-9-11-3-1-2-10(6-11)8-17/h1-7,18H,9H2. The fourth-order valence-corrected chi connectivity index (χ4v) is 1.81. The van der Waals surface area contributed by atoms with Gasteiger partial charge in [0.1, 0.15) is 5.82 Å². The van der Waals surface area contributed by atoms with Crippen LogP contribution in [0.3, 0.4) is 0 Å². The summed E-state index contributed by atoms with van der Waals surface area (Å²) < 4.78 is 13.7. The molecule has 1 N–H and O–H groups in total. The SMILES string of the molecule is N#Cc1cccc(CNc2ccc(Br)c(F)c2)c1. The summed E-state index contributed by atoms with van der Waals surface area (Å²) in [4.78, 5) is 0. The molecule has 0 spiro atoms. The Labute approximate surface area is 113 Å². The van der Waals surface area contributed by atoms with Crippen LogP contribution in [0.2, 0.25) is 0 Å². The molecule has 90 valence electrons. The molecule has 0 amide bonds. The van der Waals surface area contributed by atoms with Crippen LogP contribution < -0.4 is 5.32 Å². The van der Waals surface area contributed by atoms with E-state index in [9.17, 15) is 4.39 Å². The summed E-state index contributed by atoms with van der Waals surface area (Å²) in [6.07, 6.45) is 0. The van der Waals surface area contributed by atoms with Crippen molar-refractivity contribution in [2.75, 3.05) is 5.32 Å². The van der Waals surface area contributed by atoms with Gasteiger partial charge in [-0.2, -0.15) is 5.26 Å². The number of rotatable bonds is 3. The zero-order valence-corrected chi connectivity index (χ0v) is 11.0. The molecule has 0 heterocycles. The van der Waals surface area contributed by atoms with Crippen LogP contribution in [0.5, 0.6) is 0 Å². The Bertz CT molecular complexity index is 605. The molecule has 2 rings (SSSR count). The minimum absolute atomic E-state index is 0.300. The van der Waals surface area contributed by atoms with Gasteiger partial charge in [-0.15, -0.1) is 0 Å². The number of halogens is 2.